The first-order chi connectivity index (χ1) is 14.8. The maximum absolute atomic E-state index is 13.5. The van der Waals surface area contributed by atoms with Gasteiger partial charge < -0.3 is 0 Å². The van der Waals surface area contributed by atoms with E-state index in [-0.39, 0.29) is 22.8 Å². The lowest BCUT2D eigenvalue weighted by Gasteiger charge is -2.20. The summed E-state index contributed by atoms with van der Waals surface area (Å²) in [5, 5.41) is 12.4. The van der Waals surface area contributed by atoms with E-state index in [0.717, 1.165) is 15.8 Å². The average molecular weight is 472 g/mol. The highest BCUT2D eigenvalue weighted by atomic mass is 35.5. The first kappa shape index (κ1) is 21.2. The van der Waals surface area contributed by atoms with Crippen LogP contribution in [0, 0.1) is 17.0 Å². The number of aromatic nitrogens is 1. The largest absolute Gasteiger partial charge is 0.279 e. The molecule has 6 nitrogen and oxygen atoms in total. The summed E-state index contributed by atoms with van der Waals surface area (Å²) in [5.41, 5.74) is 2.25. The van der Waals surface area contributed by atoms with Gasteiger partial charge in [-0.05, 0) is 36.2 Å². The summed E-state index contributed by atoms with van der Waals surface area (Å²) in [5.74, 6) is -0.472. The molecular weight excluding hydrogens is 457 g/mol. The Balaban J connectivity index is 1.84. The lowest BCUT2D eigenvalue weighted by Crippen LogP contribution is -2.30. The maximum Gasteiger partial charge on any atom is 0.270 e. The van der Waals surface area contributed by atoms with Crippen LogP contribution in [0.25, 0.3) is 10.2 Å². The van der Waals surface area contributed by atoms with Crippen molar-refractivity contribution in [2.24, 2.45) is 0 Å². The first-order valence-electron chi connectivity index (χ1n) is 9.20. The summed E-state index contributed by atoms with van der Waals surface area (Å²) in [6.45, 7) is 2.10. The van der Waals surface area contributed by atoms with Crippen molar-refractivity contribution >= 4 is 61.5 Å². The van der Waals surface area contributed by atoms with Crippen molar-refractivity contribution in [2.75, 3.05) is 4.90 Å². The van der Waals surface area contributed by atoms with Crippen molar-refractivity contribution in [3.63, 3.8) is 0 Å². The van der Waals surface area contributed by atoms with Crippen LogP contribution in [0.5, 0.6) is 0 Å². The van der Waals surface area contributed by atoms with Gasteiger partial charge in [0.25, 0.3) is 11.6 Å². The Kier molecular flexibility index (Phi) is 5.91. The molecule has 156 valence electrons. The number of rotatable bonds is 5. The predicted molar refractivity (Wildman–Crippen MR) is 124 cm³/mol. The molecule has 3 aromatic carbocycles. The summed E-state index contributed by atoms with van der Waals surface area (Å²) in [7, 11) is 0. The van der Waals surface area contributed by atoms with E-state index in [1.54, 1.807) is 6.07 Å². The third kappa shape index (κ3) is 4.25. The number of halogens is 2. The molecular formula is C22H15Cl2N3O3S. The van der Waals surface area contributed by atoms with Crippen molar-refractivity contribution in [2.45, 2.75) is 13.5 Å². The molecule has 0 spiro atoms. The van der Waals surface area contributed by atoms with Crippen LogP contribution in [0.2, 0.25) is 10.0 Å². The maximum atomic E-state index is 13.5. The molecule has 0 fully saturated rings. The number of nitro groups is 1. The number of nitrogens with zero attached hydrogens (tertiary/aromatic N) is 3. The molecule has 0 radical (unpaired) electrons. The third-order valence-corrected chi connectivity index (χ3v) is 6.57. The minimum atomic E-state index is -0.558. The molecule has 0 saturated heterocycles. The van der Waals surface area contributed by atoms with Gasteiger partial charge in [0.15, 0.2) is 5.13 Å². The Morgan fingerprint density at radius 3 is 2.52 bits per heavy atom. The van der Waals surface area contributed by atoms with E-state index in [4.69, 9.17) is 23.2 Å². The van der Waals surface area contributed by atoms with Gasteiger partial charge >= 0.3 is 0 Å². The summed E-state index contributed by atoms with van der Waals surface area (Å²) in [4.78, 5) is 30.3. The van der Waals surface area contributed by atoms with E-state index in [9.17, 15) is 14.9 Å². The lowest BCUT2D eigenvalue weighted by molar-refractivity contribution is -0.384. The molecule has 0 aliphatic heterocycles. The zero-order valence-corrected chi connectivity index (χ0v) is 18.5. The number of benzene rings is 3. The molecule has 0 unspecified atom stereocenters. The van der Waals surface area contributed by atoms with Gasteiger partial charge in [0, 0.05) is 17.2 Å². The summed E-state index contributed by atoms with van der Waals surface area (Å²) >= 11 is 13.8. The van der Waals surface area contributed by atoms with Gasteiger partial charge in [-0.1, -0.05) is 64.9 Å². The first-order valence-corrected chi connectivity index (χ1v) is 10.8. The van der Waals surface area contributed by atoms with E-state index >= 15 is 0 Å². The molecule has 9 heteroatoms. The highest BCUT2D eigenvalue weighted by Crippen LogP contribution is 2.35. The van der Waals surface area contributed by atoms with Crippen LogP contribution in [0.15, 0.2) is 60.7 Å². The quantitative estimate of drug-likeness (QED) is 0.240. The minimum Gasteiger partial charge on any atom is -0.279 e. The molecule has 0 saturated carbocycles. The number of thiazole rings is 1. The molecule has 1 heterocycles. The van der Waals surface area contributed by atoms with Crippen LogP contribution in [0.3, 0.4) is 0 Å². The van der Waals surface area contributed by atoms with E-state index in [2.05, 4.69) is 4.98 Å². The molecule has 0 bridgehead atoms. The van der Waals surface area contributed by atoms with Gasteiger partial charge in [-0.25, -0.2) is 4.98 Å². The zero-order valence-electron chi connectivity index (χ0n) is 16.2. The lowest BCUT2D eigenvalue weighted by atomic mass is 10.1. The van der Waals surface area contributed by atoms with Crippen molar-refractivity contribution in [3.05, 3.63) is 97.5 Å². The Hall–Kier alpha value is -3.00. The number of anilines is 1. The van der Waals surface area contributed by atoms with E-state index < -0.39 is 10.8 Å². The normalized spacial score (nSPS) is 10.9. The van der Waals surface area contributed by atoms with Crippen molar-refractivity contribution < 1.29 is 9.72 Å². The standard InChI is InChI=1S/C22H15Cl2N3O3S/c1-13-17(23)9-10-19-20(13)25-22(31-19)26(12-14-5-3-2-4-6-14)21(28)16-11-15(27(29)30)7-8-18(16)24/h2-11H,12H2,1H3. The van der Waals surface area contributed by atoms with Crippen LogP contribution < -0.4 is 4.90 Å². The Labute approximate surface area is 191 Å². The van der Waals surface area contributed by atoms with Crippen molar-refractivity contribution in [1.82, 2.24) is 4.98 Å². The number of amides is 1. The Morgan fingerprint density at radius 2 is 1.81 bits per heavy atom. The second-order valence-corrected chi connectivity index (χ2v) is 8.64. The summed E-state index contributed by atoms with van der Waals surface area (Å²) in [6.07, 6.45) is 0. The number of hydrogen-bond donors (Lipinski definition) is 0. The fraction of sp³-hybridized carbons (Fsp3) is 0.0909. The summed E-state index contributed by atoms with van der Waals surface area (Å²) in [6, 6.07) is 16.9. The van der Waals surface area contributed by atoms with Crippen LogP contribution in [-0.2, 0) is 6.54 Å². The van der Waals surface area contributed by atoms with Crippen LogP contribution in [0.4, 0.5) is 10.8 Å². The van der Waals surface area contributed by atoms with Gasteiger partial charge in [0.05, 0.1) is 32.3 Å². The monoisotopic (exact) mass is 471 g/mol. The number of fused-ring (bicyclic) bond motifs is 1. The smallest absolute Gasteiger partial charge is 0.270 e. The number of aryl methyl sites for hydroxylation is 1. The SMILES string of the molecule is Cc1c(Cl)ccc2sc(N(Cc3ccccc3)C(=O)c3cc([N+](=O)[O-])ccc3Cl)nc12. The highest BCUT2D eigenvalue weighted by Gasteiger charge is 2.26. The number of hydrogen-bond acceptors (Lipinski definition) is 5. The van der Waals surface area contributed by atoms with Gasteiger partial charge in [-0.2, -0.15) is 0 Å². The molecule has 1 amide bonds. The molecule has 4 aromatic rings. The molecule has 1 aromatic heterocycles. The highest BCUT2D eigenvalue weighted by molar-refractivity contribution is 7.22. The average Bonchev–Trinajstić information content (AvgIpc) is 3.20. The van der Waals surface area contributed by atoms with Gasteiger partial charge in [-0.3, -0.25) is 19.8 Å². The Morgan fingerprint density at radius 1 is 1.10 bits per heavy atom. The number of nitro benzene ring substituents is 1. The van der Waals surface area contributed by atoms with Gasteiger partial charge in [0.1, 0.15) is 0 Å². The fourth-order valence-electron chi connectivity index (χ4n) is 3.13. The molecule has 0 aliphatic rings. The van der Waals surface area contributed by atoms with E-state index in [1.165, 1.54) is 34.4 Å². The summed E-state index contributed by atoms with van der Waals surface area (Å²) < 4.78 is 0.882. The molecule has 31 heavy (non-hydrogen) atoms. The zero-order chi connectivity index (χ0) is 22.1. The molecule has 0 atom stereocenters. The number of carbonyl (C=O) groups is 1. The van der Waals surface area contributed by atoms with E-state index in [1.807, 2.05) is 43.3 Å². The van der Waals surface area contributed by atoms with Gasteiger partial charge in [0.2, 0.25) is 0 Å². The third-order valence-electron chi connectivity index (χ3n) is 4.79. The second kappa shape index (κ2) is 8.63. The molecule has 0 aliphatic carbocycles. The van der Waals surface area contributed by atoms with E-state index in [0.29, 0.717) is 15.7 Å². The number of non-ortho nitro benzene ring substituents is 1. The topological polar surface area (TPSA) is 76.3 Å². The second-order valence-electron chi connectivity index (χ2n) is 6.81. The van der Waals surface area contributed by atoms with Crippen LogP contribution >= 0.6 is 34.5 Å². The van der Waals surface area contributed by atoms with Crippen LogP contribution in [-0.4, -0.2) is 15.8 Å². The fourth-order valence-corrected chi connectivity index (χ4v) is 4.51. The van der Waals surface area contributed by atoms with Gasteiger partial charge in [-0.15, -0.1) is 0 Å². The number of carbonyl (C=O) groups excluding carboxylic acids is 1. The van der Waals surface area contributed by atoms with Crippen LogP contribution in [0.1, 0.15) is 21.5 Å². The minimum absolute atomic E-state index is 0.0424. The van der Waals surface area contributed by atoms with Crippen molar-refractivity contribution in [1.29, 1.82) is 0 Å². The molecule has 4 rings (SSSR count). The predicted octanol–water partition coefficient (Wildman–Crippen LogP) is 6.67. The van der Waals surface area contributed by atoms with Crippen molar-refractivity contribution in [3.8, 4) is 0 Å². The molecule has 0 N–H and O–H groups in total. The Bertz CT molecular complexity index is 1310.